The maximum absolute atomic E-state index is 11.6. The largest absolute Gasteiger partial charge is 0.462 e. The molecule has 100 valence electrons. The van der Waals surface area contributed by atoms with Crippen molar-refractivity contribution in [3.63, 3.8) is 0 Å². The third kappa shape index (κ3) is 4.58. The topological polar surface area (TPSA) is 74.5 Å². The molecule has 0 aromatic heterocycles. The first-order valence-electron chi connectivity index (χ1n) is 5.36. The van der Waals surface area contributed by atoms with Gasteiger partial charge in [0.25, 0.3) is 0 Å². The van der Waals surface area contributed by atoms with E-state index in [0.29, 0.717) is 27.5 Å². The minimum Gasteiger partial charge on any atom is -0.462 e. The van der Waals surface area contributed by atoms with Gasteiger partial charge in [-0.2, -0.15) is 5.26 Å². The van der Waals surface area contributed by atoms with Crippen molar-refractivity contribution in [2.75, 3.05) is 12.9 Å². The van der Waals surface area contributed by atoms with E-state index in [2.05, 4.69) is 26.2 Å². The Kier molecular flexibility index (Phi) is 6.39. The Morgan fingerprint density at radius 3 is 2.89 bits per heavy atom. The van der Waals surface area contributed by atoms with Crippen molar-refractivity contribution >= 4 is 44.5 Å². The lowest BCUT2D eigenvalue weighted by Gasteiger charge is -2.05. The van der Waals surface area contributed by atoms with Gasteiger partial charge in [0.2, 0.25) is 0 Å². The summed E-state index contributed by atoms with van der Waals surface area (Å²) in [7, 11) is 0. The van der Waals surface area contributed by atoms with E-state index in [0.717, 1.165) is 0 Å². The number of carbonyl (C=O) groups is 1. The number of esters is 1. The summed E-state index contributed by atoms with van der Waals surface area (Å²) in [6.45, 7) is 2.09. The third-order valence-electron chi connectivity index (χ3n) is 2.04. The van der Waals surface area contributed by atoms with Gasteiger partial charge in [0, 0.05) is 4.47 Å². The highest BCUT2D eigenvalue weighted by atomic mass is 79.9. The molecule has 0 saturated heterocycles. The zero-order valence-electron chi connectivity index (χ0n) is 10.4. The fraction of sp³-hybridized carbons (Fsp3) is 0.250. The monoisotopic (exact) mass is 341 g/mol. The molecule has 0 radical (unpaired) electrons. The summed E-state index contributed by atoms with van der Waals surface area (Å²) in [5.74, 6) is -0.376. The summed E-state index contributed by atoms with van der Waals surface area (Å²) < 4.78 is 5.57. The van der Waals surface area contributed by atoms with E-state index in [4.69, 9.17) is 10.00 Å². The molecule has 0 heterocycles. The Bertz CT molecular complexity index is 540. The van der Waals surface area contributed by atoms with Gasteiger partial charge in [0.05, 0.1) is 17.9 Å². The first-order chi connectivity index (χ1) is 9.12. The number of nitriles is 1. The molecule has 0 aliphatic heterocycles. The van der Waals surface area contributed by atoms with Gasteiger partial charge < -0.3 is 4.74 Å². The molecule has 0 amide bonds. The molecular weight excluding hydrogens is 330 g/mol. The Balaban J connectivity index is 3.01. The smallest absolute Gasteiger partial charge is 0.338 e. The second-order valence-corrected chi connectivity index (χ2v) is 4.89. The number of ether oxygens (including phenoxy) is 1. The van der Waals surface area contributed by atoms with Crippen LogP contribution in [0.25, 0.3) is 0 Å². The van der Waals surface area contributed by atoms with Gasteiger partial charge in [-0.1, -0.05) is 11.8 Å². The highest BCUT2D eigenvalue weighted by Crippen LogP contribution is 2.27. The van der Waals surface area contributed by atoms with Crippen LogP contribution < -0.4 is 5.32 Å². The van der Waals surface area contributed by atoms with Crippen molar-refractivity contribution in [2.45, 2.75) is 6.92 Å². The van der Waals surface area contributed by atoms with E-state index in [1.54, 1.807) is 25.1 Å². The van der Waals surface area contributed by atoms with Gasteiger partial charge in [-0.3, -0.25) is 5.32 Å². The molecule has 1 N–H and O–H groups in total. The number of halogens is 1. The summed E-state index contributed by atoms with van der Waals surface area (Å²) in [5, 5.41) is 11.5. The van der Waals surface area contributed by atoms with Crippen molar-refractivity contribution in [1.29, 1.82) is 5.26 Å². The van der Waals surface area contributed by atoms with Crippen LogP contribution in [0.15, 0.2) is 27.7 Å². The molecule has 1 aromatic rings. The van der Waals surface area contributed by atoms with Crippen LogP contribution in [0.4, 0.5) is 5.69 Å². The van der Waals surface area contributed by atoms with E-state index in [1.165, 1.54) is 11.8 Å². The van der Waals surface area contributed by atoms with E-state index in [9.17, 15) is 4.79 Å². The number of nitrogens with zero attached hydrogens (tertiary/aromatic N) is 2. The van der Waals surface area contributed by atoms with Crippen molar-refractivity contribution in [1.82, 2.24) is 5.32 Å². The normalized spacial score (nSPS) is 10.7. The molecule has 0 spiro atoms. The van der Waals surface area contributed by atoms with Crippen LogP contribution in [0.2, 0.25) is 0 Å². The number of hydrogen-bond donors (Lipinski definition) is 1. The molecule has 1 rings (SSSR count). The fourth-order valence-electron chi connectivity index (χ4n) is 1.22. The summed E-state index contributed by atoms with van der Waals surface area (Å²) >= 11 is 4.66. The van der Waals surface area contributed by atoms with E-state index >= 15 is 0 Å². The molecule has 19 heavy (non-hydrogen) atoms. The van der Waals surface area contributed by atoms with Gasteiger partial charge in [-0.15, -0.1) is 0 Å². The standard InChI is InChI=1S/C12H12BrN3O2S/c1-3-18-11(17)8-4-5-10(9(13)6-8)16-12(19-2)15-7-14/h4-6H,3H2,1-2H3,(H,15,16). The average molecular weight is 342 g/mol. The Morgan fingerprint density at radius 2 is 2.37 bits per heavy atom. The van der Waals surface area contributed by atoms with Crippen LogP contribution in [-0.4, -0.2) is 24.0 Å². The zero-order valence-corrected chi connectivity index (χ0v) is 12.8. The van der Waals surface area contributed by atoms with E-state index in [-0.39, 0.29) is 5.97 Å². The van der Waals surface area contributed by atoms with E-state index < -0.39 is 0 Å². The Labute approximate surface area is 124 Å². The SMILES string of the molecule is CCOC(=O)c1ccc(N=C(NC#N)SC)c(Br)c1. The molecule has 0 atom stereocenters. The maximum Gasteiger partial charge on any atom is 0.338 e. The number of benzene rings is 1. The summed E-state index contributed by atoms with van der Waals surface area (Å²) in [6.07, 6.45) is 3.62. The van der Waals surface area contributed by atoms with Crippen LogP contribution in [-0.2, 0) is 4.74 Å². The highest BCUT2D eigenvalue weighted by Gasteiger charge is 2.09. The zero-order chi connectivity index (χ0) is 14.3. The predicted octanol–water partition coefficient (Wildman–Crippen LogP) is 3.05. The van der Waals surface area contributed by atoms with Gasteiger partial charge in [-0.25, -0.2) is 9.79 Å². The first-order valence-corrected chi connectivity index (χ1v) is 7.38. The lowest BCUT2D eigenvalue weighted by atomic mass is 10.2. The highest BCUT2D eigenvalue weighted by molar-refractivity contribution is 9.10. The van der Waals surface area contributed by atoms with Crippen LogP contribution >= 0.6 is 27.7 Å². The molecular formula is C12H12BrN3O2S. The fourth-order valence-corrected chi connectivity index (χ4v) is 2.03. The number of amidine groups is 1. The van der Waals surface area contributed by atoms with Gasteiger partial charge in [0.15, 0.2) is 11.4 Å². The molecule has 5 nitrogen and oxygen atoms in total. The number of aliphatic imine (C=N–C) groups is 1. The van der Waals surface area contributed by atoms with Crippen LogP contribution in [0.1, 0.15) is 17.3 Å². The number of rotatable bonds is 3. The summed E-state index contributed by atoms with van der Waals surface area (Å²) in [6, 6.07) is 4.96. The molecule has 0 aliphatic carbocycles. The van der Waals surface area contributed by atoms with Gasteiger partial charge >= 0.3 is 5.97 Å². The third-order valence-corrected chi connectivity index (χ3v) is 3.25. The van der Waals surface area contributed by atoms with Crippen molar-refractivity contribution in [2.24, 2.45) is 4.99 Å². The number of thioether (sulfide) groups is 1. The number of hydrogen-bond acceptors (Lipinski definition) is 5. The maximum atomic E-state index is 11.6. The number of carbonyl (C=O) groups excluding carboxylic acids is 1. The molecule has 0 bridgehead atoms. The van der Waals surface area contributed by atoms with Gasteiger partial charge in [0.1, 0.15) is 0 Å². The number of nitrogens with one attached hydrogen (secondary N) is 1. The molecule has 1 aromatic carbocycles. The predicted molar refractivity (Wildman–Crippen MR) is 79.5 cm³/mol. The van der Waals surface area contributed by atoms with Gasteiger partial charge in [-0.05, 0) is 47.3 Å². The summed E-state index contributed by atoms with van der Waals surface area (Å²) in [5.41, 5.74) is 1.08. The Hall–Kier alpha value is -1.52. The average Bonchev–Trinajstić information content (AvgIpc) is 2.40. The first kappa shape index (κ1) is 15.5. The van der Waals surface area contributed by atoms with Crippen molar-refractivity contribution < 1.29 is 9.53 Å². The Morgan fingerprint density at radius 1 is 1.63 bits per heavy atom. The second-order valence-electron chi connectivity index (χ2n) is 3.24. The second kappa shape index (κ2) is 7.81. The minimum absolute atomic E-state index is 0.332. The minimum atomic E-state index is -0.376. The van der Waals surface area contributed by atoms with Crippen LogP contribution in [0.5, 0.6) is 0 Å². The summed E-state index contributed by atoms with van der Waals surface area (Å²) in [4.78, 5) is 15.8. The van der Waals surface area contributed by atoms with E-state index in [1.807, 2.05) is 12.4 Å². The van der Waals surface area contributed by atoms with Crippen molar-refractivity contribution in [3.05, 3.63) is 28.2 Å². The lowest BCUT2D eigenvalue weighted by Crippen LogP contribution is -2.12. The van der Waals surface area contributed by atoms with Crippen LogP contribution in [0.3, 0.4) is 0 Å². The lowest BCUT2D eigenvalue weighted by molar-refractivity contribution is 0.0526. The quantitative estimate of drug-likeness (QED) is 0.300. The molecule has 0 fully saturated rings. The van der Waals surface area contributed by atoms with Crippen molar-refractivity contribution in [3.8, 4) is 6.19 Å². The molecule has 0 unspecified atom stereocenters. The molecule has 0 saturated carbocycles. The molecule has 7 heteroatoms. The van der Waals surface area contributed by atoms with Crippen LogP contribution in [0, 0.1) is 11.5 Å². The molecule has 0 aliphatic rings.